The quantitative estimate of drug-likeness (QED) is 0.587. The van der Waals surface area contributed by atoms with E-state index in [-0.39, 0.29) is 11.8 Å². The average molecular weight is 377 g/mol. The molecule has 26 heavy (non-hydrogen) atoms. The van der Waals surface area contributed by atoms with Crippen molar-refractivity contribution in [2.45, 2.75) is 40.3 Å². The van der Waals surface area contributed by atoms with Crippen LogP contribution in [0.1, 0.15) is 36.5 Å². The molecule has 0 unspecified atom stereocenters. The molecule has 0 fully saturated rings. The first kappa shape index (κ1) is 20.4. The van der Waals surface area contributed by atoms with Gasteiger partial charge in [-0.3, -0.25) is 4.79 Å². The highest BCUT2D eigenvalue weighted by Crippen LogP contribution is 2.17. The lowest BCUT2D eigenvalue weighted by molar-refractivity contribution is -0.135. The first-order chi connectivity index (χ1) is 12.5. The molecule has 2 rings (SSSR count). The van der Waals surface area contributed by atoms with E-state index in [1.54, 1.807) is 18.4 Å². The highest BCUT2D eigenvalue weighted by molar-refractivity contribution is 7.09. The van der Waals surface area contributed by atoms with Crippen molar-refractivity contribution in [3.63, 3.8) is 0 Å². The molecule has 1 aromatic heterocycles. The van der Waals surface area contributed by atoms with E-state index < -0.39 is 0 Å². The molecule has 0 aliphatic heterocycles. The summed E-state index contributed by atoms with van der Waals surface area (Å²) in [5.41, 5.74) is 2.11. The number of benzene rings is 1. The third-order valence-corrected chi connectivity index (χ3v) is 4.79. The van der Waals surface area contributed by atoms with Crippen LogP contribution >= 0.6 is 11.3 Å². The minimum Gasteiger partial charge on any atom is -0.486 e. The van der Waals surface area contributed by atoms with E-state index in [0.29, 0.717) is 26.3 Å². The summed E-state index contributed by atoms with van der Waals surface area (Å²) in [4.78, 5) is 18.9. The van der Waals surface area contributed by atoms with Crippen LogP contribution in [-0.4, -0.2) is 36.1 Å². The molecule has 0 spiro atoms. The van der Waals surface area contributed by atoms with Gasteiger partial charge in [0.1, 0.15) is 17.4 Å². The number of nitrogens with zero attached hydrogens (tertiary/aromatic N) is 2. The number of carbonyl (C=O) groups is 1. The Bertz CT molecular complexity index is 683. The van der Waals surface area contributed by atoms with Crippen LogP contribution in [0.5, 0.6) is 5.75 Å². The summed E-state index contributed by atoms with van der Waals surface area (Å²) in [5, 5.41) is 2.92. The van der Waals surface area contributed by atoms with Crippen molar-refractivity contribution in [2.24, 2.45) is 5.92 Å². The topological polar surface area (TPSA) is 51.7 Å². The van der Waals surface area contributed by atoms with E-state index in [0.717, 1.165) is 22.9 Å². The number of hydrogen-bond acceptors (Lipinski definition) is 5. The normalized spacial score (nSPS) is 11.0. The zero-order valence-corrected chi connectivity index (χ0v) is 16.8. The fraction of sp³-hybridized carbons (Fsp3) is 0.500. The molecule has 0 radical (unpaired) electrons. The maximum atomic E-state index is 12.4. The molecular weight excluding hydrogens is 348 g/mol. The Kier molecular flexibility index (Phi) is 8.06. The molecule has 0 aliphatic rings. The van der Waals surface area contributed by atoms with Crippen molar-refractivity contribution in [3.05, 3.63) is 45.9 Å². The second kappa shape index (κ2) is 10.3. The van der Waals surface area contributed by atoms with Crippen molar-refractivity contribution in [1.29, 1.82) is 0 Å². The number of aryl methyl sites for hydroxylation is 1. The van der Waals surface area contributed by atoms with Gasteiger partial charge >= 0.3 is 0 Å². The van der Waals surface area contributed by atoms with Crippen LogP contribution in [0.15, 0.2) is 29.6 Å². The summed E-state index contributed by atoms with van der Waals surface area (Å²) in [6.45, 7) is 8.19. The predicted molar refractivity (Wildman–Crippen MR) is 104 cm³/mol. The van der Waals surface area contributed by atoms with Crippen LogP contribution in [-0.2, 0) is 22.7 Å². The summed E-state index contributed by atoms with van der Waals surface area (Å²) in [5.74, 6) is 0.954. The summed E-state index contributed by atoms with van der Waals surface area (Å²) < 4.78 is 10.9. The van der Waals surface area contributed by atoms with Gasteiger partial charge in [0.05, 0.1) is 12.2 Å². The summed E-state index contributed by atoms with van der Waals surface area (Å²) in [6.07, 6.45) is 0.822. The first-order valence-electron chi connectivity index (χ1n) is 8.90. The number of rotatable bonds is 10. The number of thiazole rings is 1. The summed E-state index contributed by atoms with van der Waals surface area (Å²) >= 11 is 1.56. The second-order valence-electron chi connectivity index (χ2n) is 6.60. The van der Waals surface area contributed by atoms with E-state index in [9.17, 15) is 4.79 Å². The highest BCUT2D eigenvalue weighted by atomic mass is 32.1. The van der Waals surface area contributed by atoms with E-state index in [1.807, 2.05) is 55.3 Å². The Morgan fingerprint density at radius 3 is 2.65 bits per heavy atom. The Balaban J connectivity index is 1.92. The van der Waals surface area contributed by atoms with Gasteiger partial charge in [0.2, 0.25) is 5.91 Å². The Hall–Kier alpha value is -1.92. The highest BCUT2D eigenvalue weighted by Gasteiger charge is 2.18. The van der Waals surface area contributed by atoms with Gasteiger partial charge in [0.15, 0.2) is 0 Å². The van der Waals surface area contributed by atoms with Crippen molar-refractivity contribution in [3.8, 4) is 5.75 Å². The molecule has 142 valence electrons. The van der Waals surface area contributed by atoms with Gasteiger partial charge in [-0.2, -0.15) is 0 Å². The van der Waals surface area contributed by atoms with Gasteiger partial charge in [0, 0.05) is 31.6 Å². The molecule has 2 aromatic rings. The largest absolute Gasteiger partial charge is 0.486 e. The molecule has 0 atom stereocenters. The zero-order valence-electron chi connectivity index (χ0n) is 16.0. The number of hydrogen-bond donors (Lipinski definition) is 0. The van der Waals surface area contributed by atoms with Crippen molar-refractivity contribution in [1.82, 2.24) is 9.88 Å². The van der Waals surface area contributed by atoms with Crippen LogP contribution in [0.2, 0.25) is 0 Å². The summed E-state index contributed by atoms with van der Waals surface area (Å²) in [7, 11) is 1.68. The van der Waals surface area contributed by atoms with E-state index in [2.05, 4.69) is 4.98 Å². The lowest BCUT2D eigenvalue weighted by Crippen LogP contribution is -2.35. The minimum absolute atomic E-state index is 0.0273. The van der Waals surface area contributed by atoms with Crippen LogP contribution in [0.25, 0.3) is 0 Å². The molecular formula is C20H28N2O3S. The van der Waals surface area contributed by atoms with Gasteiger partial charge in [0.25, 0.3) is 0 Å². The minimum atomic E-state index is -0.0273. The molecule has 1 aromatic carbocycles. The van der Waals surface area contributed by atoms with Crippen molar-refractivity contribution < 1.29 is 14.3 Å². The number of ether oxygens (including phenoxy) is 2. The van der Waals surface area contributed by atoms with E-state index in [4.69, 9.17) is 9.47 Å². The van der Waals surface area contributed by atoms with Gasteiger partial charge in [-0.15, -0.1) is 11.3 Å². The molecule has 0 saturated carbocycles. The molecule has 0 N–H and O–H groups in total. The van der Waals surface area contributed by atoms with Crippen molar-refractivity contribution >= 4 is 17.2 Å². The Morgan fingerprint density at radius 2 is 2.00 bits per heavy atom. The van der Waals surface area contributed by atoms with Crippen LogP contribution < -0.4 is 4.74 Å². The maximum Gasteiger partial charge on any atom is 0.225 e. The first-order valence-corrected chi connectivity index (χ1v) is 9.78. The smallest absolute Gasteiger partial charge is 0.225 e. The number of amides is 1. The average Bonchev–Trinajstić information content (AvgIpc) is 3.07. The standard InChI is InChI=1S/C20H28N2O3S/c1-15(2)20(23)22(10-5-11-24-4)12-17-14-26-19(21-17)13-25-18-8-6-16(3)7-9-18/h6-9,14-15H,5,10-13H2,1-4H3. The molecule has 1 heterocycles. The third-order valence-electron chi connectivity index (χ3n) is 3.92. The molecule has 6 heteroatoms. The lowest BCUT2D eigenvalue weighted by Gasteiger charge is -2.23. The number of carbonyl (C=O) groups excluding carboxylic acids is 1. The number of aromatic nitrogens is 1. The number of methoxy groups -OCH3 is 1. The van der Waals surface area contributed by atoms with Crippen molar-refractivity contribution in [2.75, 3.05) is 20.3 Å². The molecule has 5 nitrogen and oxygen atoms in total. The van der Waals surface area contributed by atoms with Gasteiger partial charge in [-0.25, -0.2) is 4.98 Å². The molecule has 0 saturated heterocycles. The second-order valence-corrected chi connectivity index (χ2v) is 7.54. The maximum absolute atomic E-state index is 12.4. The molecule has 0 aliphatic carbocycles. The van der Waals surface area contributed by atoms with Gasteiger partial charge in [-0.05, 0) is 25.5 Å². The lowest BCUT2D eigenvalue weighted by atomic mass is 10.2. The third kappa shape index (κ3) is 6.42. The summed E-state index contributed by atoms with van der Waals surface area (Å²) in [6, 6.07) is 7.97. The Labute approximate surface area is 160 Å². The fourth-order valence-corrected chi connectivity index (χ4v) is 3.19. The SMILES string of the molecule is COCCCN(Cc1csc(COc2ccc(C)cc2)n1)C(=O)C(C)C. The van der Waals surface area contributed by atoms with Crippen LogP contribution in [0.4, 0.5) is 0 Å². The van der Waals surface area contributed by atoms with Crippen LogP contribution in [0.3, 0.4) is 0 Å². The monoisotopic (exact) mass is 376 g/mol. The zero-order chi connectivity index (χ0) is 18.9. The molecule has 0 bridgehead atoms. The van der Waals surface area contributed by atoms with E-state index in [1.165, 1.54) is 5.56 Å². The molecule has 1 amide bonds. The fourth-order valence-electron chi connectivity index (χ4n) is 2.50. The predicted octanol–water partition coefficient (Wildman–Crippen LogP) is 4.05. The van der Waals surface area contributed by atoms with Gasteiger partial charge in [-0.1, -0.05) is 31.5 Å². The van der Waals surface area contributed by atoms with E-state index >= 15 is 0 Å². The Morgan fingerprint density at radius 1 is 1.27 bits per heavy atom. The van der Waals surface area contributed by atoms with Gasteiger partial charge < -0.3 is 14.4 Å². The van der Waals surface area contributed by atoms with Crippen LogP contribution in [0, 0.1) is 12.8 Å².